The Balaban J connectivity index is 2.23. The number of aliphatic carboxylic acids is 1. The number of halogens is 3. The van der Waals surface area contributed by atoms with Crippen LogP contribution in [0.4, 0.5) is 13.2 Å². The highest BCUT2D eigenvalue weighted by atomic mass is 32.2. The molecule has 2 N–H and O–H groups in total. The molecule has 1 fully saturated rings. The van der Waals surface area contributed by atoms with Crippen molar-refractivity contribution in [2.75, 3.05) is 13.1 Å². The molecule has 1 aliphatic heterocycles. The van der Waals surface area contributed by atoms with Crippen LogP contribution in [0, 0.1) is 0 Å². The van der Waals surface area contributed by atoms with Crippen LogP contribution in [0.3, 0.4) is 0 Å². The SMILES string of the molecule is O=C(O)CNC(=O)C=C1CCCCN1S(=O)(=O)c1ccc(OC(F)(F)F)cc1. The summed E-state index contributed by atoms with van der Waals surface area (Å²) >= 11 is 0. The second-order valence-electron chi connectivity index (χ2n) is 5.80. The number of carbonyl (C=O) groups excluding carboxylic acids is 1. The van der Waals surface area contributed by atoms with Gasteiger partial charge in [-0.05, 0) is 43.5 Å². The summed E-state index contributed by atoms with van der Waals surface area (Å²) in [6.07, 6.45) is -2.45. The van der Waals surface area contributed by atoms with Gasteiger partial charge in [-0.2, -0.15) is 0 Å². The minimum Gasteiger partial charge on any atom is -0.480 e. The Labute approximate surface area is 158 Å². The Bertz CT molecular complexity index is 865. The molecule has 1 aromatic rings. The minimum atomic E-state index is -4.90. The molecule has 1 heterocycles. The van der Waals surface area contributed by atoms with E-state index in [0.29, 0.717) is 12.8 Å². The zero-order chi connectivity index (χ0) is 20.9. The molecule has 0 radical (unpaired) electrons. The first-order chi connectivity index (χ1) is 13.0. The molecule has 28 heavy (non-hydrogen) atoms. The van der Waals surface area contributed by atoms with Crippen molar-refractivity contribution in [3.63, 3.8) is 0 Å². The van der Waals surface area contributed by atoms with E-state index in [2.05, 4.69) is 10.1 Å². The van der Waals surface area contributed by atoms with E-state index in [9.17, 15) is 31.2 Å². The number of rotatable bonds is 6. The zero-order valence-electron chi connectivity index (χ0n) is 14.4. The first kappa shape index (κ1) is 21.5. The minimum absolute atomic E-state index is 0.0845. The van der Waals surface area contributed by atoms with Crippen LogP contribution in [-0.2, 0) is 19.6 Å². The molecule has 0 atom stereocenters. The van der Waals surface area contributed by atoms with Crippen molar-refractivity contribution < 1.29 is 41.0 Å². The molecule has 1 saturated heterocycles. The zero-order valence-corrected chi connectivity index (χ0v) is 15.2. The number of benzene rings is 1. The molecule has 0 bridgehead atoms. The molecule has 0 aromatic heterocycles. The summed E-state index contributed by atoms with van der Waals surface area (Å²) in [5, 5.41) is 10.7. The third-order valence-electron chi connectivity index (χ3n) is 3.72. The second-order valence-corrected chi connectivity index (χ2v) is 7.66. The van der Waals surface area contributed by atoms with Crippen LogP contribution in [0.1, 0.15) is 19.3 Å². The normalized spacial score (nSPS) is 16.7. The van der Waals surface area contributed by atoms with E-state index in [1.54, 1.807) is 0 Å². The number of nitrogens with zero attached hydrogens (tertiary/aromatic N) is 1. The maximum atomic E-state index is 12.8. The number of piperidine rings is 1. The van der Waals surface area contributed by atoms with Gasteiger partial charge in [0.15, 0.2) is 0 Å². The topological polar surface area (TPSA) is 113 Å². The summed E-state index contributed by atoms with van der Waals surface area (Å²) in [5.74, 6) is -2.57. The van der Waals surface area contributed by atoms with Gasteiger partial charge in [-0.15, -0.1) is 13.2 Å². The molecule has 1 aliphatic rings. The van der Waals surface area contributed by atoms with Gasteiger partial charge in [-0.25, -0.2) is 8.42 Å². The Morgan fingerprint density at radius 1 is 1.21 bits per heavy atom. The van der Waals surface area contributed by atoms with Crippen molar-refractivity contribution in [3.05, 3.63) is 36.0 Å². The summed E-state index contributed by atoms with van der Waals surface area (Å²) in [4.78, 5) is 22.0. The lowest BCUT2D eigenvalue weighted by atomic mass is 10.1. The van der Waals surface area contributed by atoms with Crippen LogP contribution in [0.15, 0.2) is 40.9 Å². The van der Waals surface area contributed by atoms with Crippen molar-refractivity contribution in [1.29, 1.82) is 0 Å². The predicted molar refractivity (Wildman–Crippen MR) is 89.6 cm³/mol. The first-order valence-corrected chi connectivity index (χ1v) is 9.52. The number of amides is 1. The molecule has 2 rings (SSSR count). The van der Waals surface area contributed by atoms with Gasteiger partial charge in [0.1, 0.15) is 12.3 Å². The fraction of sp³-hybridized carbons (Fsp3) is 0.375. The lowest BCUT2D eigenvalue weighted by Crippen LogP contribution is -2.36. The summed E-state index contributed by atoms with van der Waals surface area (Å²) < 4.78 is 67.1. The molecule has 12 heteroatoms. The van der Waals surface area contributed by atoms with Crippen molar-refractivity contribution in [1.82, 2.24) is 9.62 Å². The quantitative estimate of drug-likeness (QED) is 0.677. The Morgan fingerprint density at radius 2 is 1.86 bits per heavy atom. The average Bonchev–Trinajstić information content (AvgIpc) is 2.59. The maximum Gasteiger partial charge on any atom is 0.573 e. The van der Waals surface area contributed by atoms with Crippen LogP contribution in [0.2, 0.25) is 0 Å². The number of hydrogen-bond acceptors (Lipinski definition) is 5. The van der Waals surface area contributed by atoms with Crippen LogP contribution < -0.4 is 10.1 Å². The van der Waals surface area contributed by atoms with Crippen molar-refractivity contribution in [2.24, 2.45) is 0 Å². The molecule has 0 unspecified atom stereocenters. The standard InChI is InChI=1S/C16H17F3N2O6S/c17-16(18,19)27-12-4-6-13(7-5-12)28(25,26)21-8-2-1-3-11(21)9-14(22)20-10-15(23)24/h4-7,9H,1-3,8,10H2,(H,20,22)(H,23,24). The van der Waals surface area contributed by atoms with E-state index in [0.717, 1.165) is 34.6 Å². The summed E-state index contributed by atoms with van der Waals surface area (Å²) in [5.41, 5.74) is 0.171. The largest absolute Gasteiger partial charge is 0.573 e. The van der Waals surface area contributed by atoms with Crippen molar-refractivity contribution in [3.8, 4) is 5.75 Å². The van der Waals surface area contributed by atoms with Gasteiger partial charge in [0, 0.05) is 18.3 Å². The predicted octanol–water partition coefficient (Wildman–Crippen LogP) is 1.84. The third kappa shape index (κ3) is 5.87. The number of alkyl halides is 3. The Hall–Kier alpha value is -2.76. The second kappa shape index (κ2) is 8.50. The first-order valence-electron chi connectivity index (χ1n) is 8.08. The van der Waals surface area contributed by atoms with Gasteiger partial charge in [0.25, 0.3) is 10.0 Å². The summed E-state index contributed by atoms with van der Waals surface area (Å²) in [7, 11) is -4.12. The third-order valence-corrected chi connectivity index (χ3v) is 5.59. The van der Waals surface area contributed by atoms with Gasteiger partial charge in [0.05, 0.1) is 4.90 Å². The summed E-state index contributed by atoms with van der Waals surface area (Å²) in [6, 6.07) is 3.72. The van der Waals surface area contributed by atoms with E-state index in [4.69, 9.17) is 5.11 Å². The lowest BCUT2D eigenvalue weighted by Gasteiger charge is -2.30. The van der Waals surface area contributed by atoms with Gasteiger partial charge in [-0.1, -0.05) is 0 Å². The number of allylic oxidation sites excluding steroid dienone is 1. The Morgan fingerprint density at radius 3 is 2.43 bits per heavy atom. The number of sulfonamides is 1. The van der Waals surface area contributed by atoms with Gasteiger partial charge in [-0.3, -0.25) is 13.9 Å². The number of carboxylic acid groups (broad SMARTS) is 1. The number of carbonyl (C=O) groups is 2. The average molecular weight is 422 g/mol. The van der Waals surface area contributed by atoms with E-state index in [-0.39, 0.29) is 23.6 Å². The fourth-order valence-electron chi connectivity index (χ4n) is 2.55. The molecule has 0 saturated carbocycles. The van der Waals surface area contributed by atoms with Crippen molar-refractivity contribution >= 4 is 21.9 Å². The van der Waals surface area contributed by atoms with Crippen LogP contribution in [0.25, 0.3) is 0 Å². The van der Waals surface area contributed by atoms with Crippen LogP contribution in [-0.4, -0.2) is 49.2 Å². The van der Waals surface area contributed by atoms with Crippen molar-refractivity contribution in [2.45, 2.75) is 30.5 Å². The van der Waals surface area contributed by atoms with Gasteiger partial charge in [0.2, 0.25) is 5.91 Å². The van der Waals surface area contributed by atoms with E-state index >= 15 is 0 Å². The molecular formula is C16H17F3N2O6S. The van der Waals surface area contributed by atoms with Crippen LogP contribution >= 0.6 is 0 Å². The molecule has 0 spiro atoms. The number of nitrogens with one attached hydrogen (secondary N) is 1. The number of ether oxygens (including phenoxy) is 1. The van der Waals surface area contributed by atoms with E-state index < -0.39 is 40.6 Å². The van der Waals surface area contributed by atoms with Gasteiger partial charge >= 0.3 is 12.3 Å². The smallest absolute Gasteiger partial charge is 0.480 e. The highest BCUT2D eigenvalue weighted by Crippen LogP contribution is 2.29. The van der Waals surface area contributed by atoms with Crippen LogP contribution in [0.5, 0.6) is 5.75 Å². The number of hydrogen-bond donors (Lipinski definition) is 2. The molecule has 1 aromatic carbocycles. The highest BCUT2D eigenvalue weighted by Gasteiger charge is 2.32. The van der Waals surface area contributed by atoms with Gasteiger partial charge < -0.3 is 15.2 Å². The number of carboxylic acids is 1. The fourth-order valence-corrected chi connectivity index (χ4v) is 4.11. The van der Waals surface area contributed by atoms with E-state index in [1.807, 2.05) is 0 Å². The molecule has 0 aliphatic carbocycles. The lowest BCUT2D eigenvalue weighted by molar-refractivity contribution is -0.274. The monoisotopic (exact) mass is 422 g/mol. The van der Waals surface area contributed by atoms with E-state index in [1.165, 1.54) is 0 Å². The Kier molecular flexibility index (Phi) is 6.54. The molecule has 8 nitrogen and oxygen atoms in total. The summed E-state index contributed by atoms with van der Waals surface area (Å²) in [6.45, 7) is -0.531. The maximum absolute atomic E-state index is 12.8. The molecular weight excluding hydrogens is 405 g/mol. The highest BCUT2D eigenvalue weighted by molar-refractivity contribution is 7.89. The molecule has 1 amide bonds. The molecule has 154 valence electrons.